The van der Waals surface area contributed by atoms with Gasteiger partial charge in [-0.1, -0.05) is 18.5 Å². The van der Waals surface area contributed by atoms with E-state index in [1.165, 1.54) is 12.1 Å². The van der Waals surface area contributed by atoms with Gasteiger partial charge in [-0.2, -0.15) is 5.26 Å². The molecule has 0 spiro atoms. The number of oxazole rings is 1. The van der Waals surface area contributed by atoms with Crippen molar-refractivity contribution >= 4 is 29.0 Å². The molecule has 6 nitrogen and oxygen atoms in total. The number of carbonyl (C=O) groups excluding carboxylic acids is 2. The highest BCUT2D eigenvalue weighted by Gasteiger charge is 2.30. The van der Waals surface area contributed by atoms with Crippen LogP contribution in [0.15, 0.2) is 28.9 Å². The number of Topliss-reactive ketones (excluding diaryl/α,β-unsaturated/α-hetero) is 1. The molecule has 118 valence electrons. The molecule has 2 rings (SSSR count). The van der Waals surface area contributed by atoms with E-state index in [2.05, 4.69) is 10.3 Å². The molecule has 2 aromatic rings. The first-order chi connectivity index (χ1) is 11.0. The minimum atomic E-state index is -1.60. The Morgan fingerprint density at radius 2 is 2.26 bits per heavy atom. The normalized spacial score (nSPS) is 11.6. The predicted molar refractivity (Wildman–Crippen MR) is 79.4 cm³/mol. The molecule has 0 bridgehead atoms. The molecule has 0 aliphatic carbocycles. The molecule has 0 saturated heterocycles. The van der Waals surface area contributed by atoms with Crippen molar-refractivity contribution in [3.8, 4) is 6.07 Å². The highest BCUT2D eigenvalue weighted by molar-refractivity contribution is 6.31. The molecular formula is C15H11ClFN3O3. The van der Waals surface area contributed by atoms with Gasteiger partial charge in [0, 0.05) is 12.1 Å². The molecule has 1 aromatic carbocycles. The third-order valence-corrected chi connectivity index (χ3v) is 3.24. The maximum atomic E-state index is 13.1. The number of halogens is 2. The van der Waals surface area contributed by atoms with E-state index in [9.17, 15) is 14.0 Å². The van der Waals surface area contributed by atoms with Gasteiger partial charge in [0.25, 0.3) is 0 Å². The van der Waals surface area contributed by atoms with Gasteiger partial charge >= 0.3 is 0 Å². The van der Waals surface area contributed by atoms with Crippen molar-refractivity contribution in [2.75, 3.05) is 5.32 Å². The molecule has 0 aliphatic rings. The average molecular weight is 336 g/mol. The van der Waals surface area contributed by atoms with Gasteiger partial charge in [-0.25, -0.2) is 9.37 Å². The minimum absolute atomic E-state index is 0.0966. The van der Waals surface area contributed by atoms with Crippen molar-refractivity contribution in [1.82, 2.24) is 4.98 Å². The molecular weight excluding hydrogens is 325 g/mol. The fourth-order valence-electron chi connectivity index (χ4n) is 1.76. The van der Waals surface area contributed by atoms with E-state index >= 15 is 0 Å². The van der Waals surface area contributed by atoms with Gasteiger partial charge in [-0.05, 0) is 18.2 Å². The Balaban J connectivity index is 2.16. The standard InChI is InChI=1S/C15H11ClFN3O3/c1-2-13-20-12(7-23-13)14(21)9(6-18)15(22)19-8-3-4-11(17)10(16)5-8/h3-5,7,9H,2H2,1H3,(H,19,22)/t9-/m0/s1. The Kier molecular flexibility index (Phi) is 5.09. The number of nitrogens with zero attached hydrogens (tertiary/aromatic N) is 2. The number of amides is 1. The van der Waals surface area contributed by atoms with Crippen molar-refractivity contribution < 1.29 is 18.4 Å². The fraction of sp³-hybridized carbons (Fsp3) is 0.200. The van der Waals surface area contributed by atoms with Crippen LogP contribution in [0.5, 0.6) is 0 Å². The van der Waals surface area contributed by atoms with E-state index in [1.807, 2.05) is 0 Å². The number of hydrogen-bond acceptors (Lipinski definition) is 5. The lowest BCUT2D eigenvalue weighted by molar-refractivity contribution is -0.117. The lowest BCUT2D eigenvalue weighted by Gasteiger charge is -2.08. The number of aromatic nitrogens is 1. The first kappa shape index (κ1) is 16.6. The number of carbonyl (C=O) groups is 2. The summed E-state index contributed by atoms with van der Waals surface area (Å²) in [5.74, 6) is -3.56. The second-order valence-corrected chi connectivity index (χ2v) is 4.93. The van der Waals surface area contributed by atoms with E-state index < -0.39 is 23.4 Å². The van der Waals surface area contributed by atoms with Gasteiger partial charge in [0.05, 0.1) is 11.1 Å². The summed E-state index contributed by atoms with van der Waals surface area (Å²) in [5, 5.41) is 11.2. The van der Waals surface area contributed by atoms with Gasteiger partial charge in [0.2, 0.25) is 11.7 Å². The number of aryl methyl sites for hydroxylation is 1. The van der Waals surface area contributed by atoms with Crippen LogP contribution in [0.4, 0.5) is 10.1 Å². The Morgan fingerprint density at radius 3 is 2.83 bits per heavy atom. The third-order valence-electron chi connectivity index (χ3n) is 2.95. The number of hydrogen-bond donors (Lipinski definition) is 1. The van der Waals surface area contributed by atoms with Crippen molar-refractivity contribution in [1.29, 1.82) is 5.26 Å². The van der Waals surface area contributed by atoms with E-state index in [0.717, 1.165) is 12.3 Å². The lowest BCUT2D eigenvalue weighted by atomic mass is 10.0. The van der Waals surface area contributed by atoms with Gasteiger partial charge in [0.15, 0.2) is 11.8 Å². The lowest BCUT2D eigenvalue weighted by Crippen LogP contribution is -2.29. The molecule has 1 aromatic heterocycles. The Hall–Kier alpha value is -2.72. The number of nitriles is 1. The molecule has 0 radical (unpaired) electrons. The van der Waals surface area contributed by atoms with Crippen LogP contribution in [0, 0.1) is 23.1 Å². The van der Waals surface area contributed by atoms with Crippen LogP contribution in [0.25, 0.3) is 0 Å². The molecule has 0 unspecified atom stereocenters. The molecule has 23 heavy (non-hydrogen) atoms. The third kappa shape index (κ3) is 3.73. The van der Waals surface area contributed by atoms with E-state index in [1.54, 1.807) is 13.0 Å². The minimum Gasteiger partial charge on any atom is -0.448 e. The molecule has 1 heterocycles. The van der Waals surface area contributed by atoms with Gasteiger partial charge in [-0.15, -0.1) is 0 Å². The summed E-state index contributed by atoms with van der Waals surface area (Å²) in [6.07, 6.45) is 1.58. The molecule has 0 saturated carbocycles. The Bertz CT molecular complexity index is 798. The summed E-state index contributed by atoms with van der Waals surface area (Å²) in [6, 6.07) is 5.13. The zero-order valence-electron chi connectivity index (χ0n) is 12.0. The van der Waals surface area contributed by atoms with E-state index in [0.29, 0.717) is 12.3 Å². The summed E-state index contributed by atoms with van der Waals surface area (Å²) in [4.78, 5) is 28.1. The largest absolute Gasteiger partial charge is 0.448 e. The highest BCUT2D eigenvalue weighted by atomic mass is 35.5. The molecule has 1 amide bonds. The van der Waals surface area contributed by atoms with Crippen LogP contribution >= 0.6 is 11.6 Å². The highest BCUT2D eigenvalue weighted by Crippen LogP contribution is 2.20. The van der Waals surface area contributed by atoms with Crippen LogP contribution in [-0.2, 0) is 11.2 Å². The SMILES string of the molecule is CCc1nc(C(=O)[C@H](C#N)C(=O)Nc2ccc(F)c(Cl)c2)co1. The van der Waals surface area contributed by atoms with Crippen LogP contribution in [0.2, 0.25) is 5.02 Å². The molecule has 0 aliphatic heterocycles. The first-order valence-electron chi connectivity index (χ1n) is 6.60. The number of benzene rings is 1. The van der Waals surface area contributed by atoms with Gasteiger partial charge in [0.1, 0.15) is 17.8 Å². The fourth-order valence-corrected chi connectivity index (χ4v) is 1.94. The van der Waals surface area contributed by atoms with E-state index in [-0.39, 0.29) is 16.4 Å². The van der Waals surface area contributed by atoms with E-state index in [4.69, 9.17) is 21.3 Å². The summed E-state index contributed by atoms with van der Waals surface area (Å²) >= 11 is 5.61. The molecule has 1 N–H and O–H groups in total. The number of rotatable bonds is 5. The number of ketones is 1. The second-order valence-electron chi connectivity index (χ2n) is 4.52. The second kappa shape index (κ2) is 7.03. The molecule has 1 atom stereocenters. The number of anilines is 1. The smallest absolute Gasteiger partial charge is 0.249 e. The summed E-state index contributed by atoms with van der Waals surface area (Å²) in [6.45, 7) is 1.78. The van der Waals surface area contributed by atoms with Crippen LogP contribution < -0.4 is 5.32 Å². The summed E-state index contributed by atoms with van der Waals surface area (Å²) in [5.41, 5.74) is 0.0736. The van der Waals surface area contributed by atoms with Crippen molar-refractivity contribution in [3.05, 3.63) is 46.9 Å². The first-order valence-corrected chi connectivity index (χ1v) is 6.98. The zero-order chi connectivity index (χ0) is 17.0. The van der Waals surface area contributed by atoms with Crippen molar-refractivity contribution in [2.45, 2.75) is 13.3 Å². The summed E-state index contributed by atoms with van der Waals surface area (Å²) < 4.78 is 18.1. The Labute approximate surface area is 135 Å². The van der Waals surface area contributed by atoms with Crippen molar-refractivity contribution in [3.63, 3.8) is 0 Å². The molecule has 0 fully saturated rings. The van der Waals surface area contributed by atoms with Gasteiger partial charge in [-0.3, -0.25) is 9.59 Å². The maximum absolute atomic E-state index is 13.1. The monoisotopic (exact) mass is 335 g/mol. The average Bonchev–Trinajstić information content (AvgIpc) is 3.00. The maximum Gasteiger partial charge on any atom is 0.249 e. The quantitative estimate of drug-likeness (QED) is 0.669. The van der Waals surface area contributed by atoms with Crippen LogP contribution in [0.3, 0.4) is 0 Å². The zero-order valence-corrected chi connectivity index (χ0v) is 12.7. The van der Waals surface area contributed by atoms with Crippen LogP contribution in [-0.4, -0.2) is 16.7 Å². The van der Waals surface area contributed by atoms with Crippen LogP contribution in [0.1, 0.15) is 23.3 Å². The van der Waals surface area contributed by atoms with Crippen molar-refractivity contribution in [2.24, 2.45) is 5.92 Å². The predicted octanol–water partition coefficient (Wildman–Crippen LogP) is 2.99. The van der Waals surface area contributed by atoms with Gasteiger partial charge < -0.3 is 9.73 Å². The molecule has 8 heteroatoms. The topological polar surface area (TPSA) is 96.0 Å². The number of nitrogens with one attached hydrogen (secondary N) is 1. The Morgan fingerprint density at radius 1 is 1.52 bits per heavy atom. The summed E-state index contributed by atoms with van der Waals surface area (Å²) in [7, 11) is 0.